The van der Waals surface area contributed by atoms with E-state index in [4.69, 9.17) is 16.0 Å². The first kappa shape index (κ1) is 15.2. The van der Waals surface area contributed by atoms with E-state index < -0.39 is 0 Å². The summed E-state index contributed by atoms with van der Waals surface area (Å²) in [5, 5.41) is 2.84. The van der Waals surface area contributed by atoms with Crippen molar-refractivity contribution in [2.75, 3.05) is 0 Å². The second-order valence-corrected chi connectivity index (χ2v) is 6.60. The smallest absolute Gasteiger partial charge is 0.144 e. The molecular formula is C23H14ClNO. The van der Waals surface area contributed by atoms with Gasteiger partial charge in [-0.25, -0.2) is 0 Å². The molecule has 0 aliphatic heterocycles. The van der Waals surface area contributed by atoms with Crippen LogP contribution in [0.15, 0.2) is 89.5 Å². The quantitative estimate of drug-likeness (QED) is 0.342. The van der Waals surface area contributed by atoms with Gasteiger partial charge in [0.05, 0.1) is 10.7 Å². The molecule has 3 heteroatoms. The molecule has 0 saturated heterocycles. The highest BCUT2D eigenvalue weighted by molar-refractivity contribution is 6.33. The maximum atomic E-state index is 6.41. The van der Waals surface area contributed by atoms with Gasteiger partial charge in [-0.2, -0.15) is 0 Å². The van der Waals surface area contributed by atoms with Crippen LogP contribution in [0.5, 0.6) is 0 Å². The van der Waals surface area contributed by atoms with E-state index in [2.05, 4.69) is 17.1 Å². The molecule has 0 radical (unpaired) electrons. The molecule has 0 amide bonds. The van der Waals surface area contributed by atoms with Gasteiger partial charge in [0.25, 0.3) is 0 Å². The van der Waals surface area contributed by atoms with Gasteiger partial charge in [0, 0.05) is 28.1 Å². The molecule has 0 atom stereocenters. The number of halogens is 1. The van der Waals surface area contributed by atoms with Crippen LogP contribution in [0.4, 0.5) is 0 Å². The zero-order valence-electron chi connectivity index (χ0n) is 13.8. The number of benzene rings is 3. The lowest BCUT2D eigenvalue weighted by Crippen LogP contribution is -1.87. The van der Waals surface area contributed by atoms with E-state index in [-0.39, 0.29) is 0 Å². The second-order valence-electron chi connectivity index (χ2n) is 6.20. The molecule has 0 saturated carbocycles. The molecule has 0 bridgehead atoms. The fourth-order valence-electron chi connectivity index (χ4n) is 3.37. The highest BCUT2D eigenvalue weighted by atomic mass is 35.5. The fraction of sp³-hybridized carbons (Fsp3) is 0. The van der Waals surface area contributed by atoms with Crippen LogP contribution in [0.2, 0.25) is 5.02 Å². The van der Waals surface area contributed by atoms with Gasteiger partial charge in [0.1, 0.15) is 11.2 Å². The third-order valence-corrected chi connectivity index (χ3v) is 4.92. The van der Waals surface area contributed by atoms with E-state index in [1.165, 1.54) is 0 Å². The number of hydrogen-bond donors (Lipinski definition) is 0. The minimum atomic E-state index is 0.636. The number of nitrogens with zero attached hydrogens (tertiary/aromatic N) is 1. The van der Waals surface area contributed by atoms with Crippen molar-refractivity contribution in [3.05, 3.63) is 90.1 Å². The molecule has 0 fully saturated rings. The van der Waals surface area contributed by atoms with E-state index in [0.29, 0.717) is 5.02 Å². The van der Waals surface area contributed by atoms with Gasteiger partial charge >= 0.3 is 0 Å². The summed E-state index contributed by atoms with van der Waals surface area (Å²) >= 11 is 6.41. The van der Waals surface area contributed by atoms with Crippen molar-refractivity contribution in [1.82, 2.24) is 4.98 Å². The molecule has 2 nitrogen and oxygen atoms in total. The molecule has 124 valence electrons. The van der Waals surface area contributed by atoms with Crippen molar-refractivity contribution in [3.63, 3.8) is 0 Å². The standard InChI is InChI=1S/C23H14ClNO/c24-20-14-25-21(13-19(20)15-7-2-1-3-8-15)18-11-6-10-17-16-9-4-5-12-22(16)26-23(17)18/h1-14H. The molecular weight excluding hydrogens is 342 g/mol. The first-order valence-electron chi connectivity index (χ1n) is 8.43. The molecule has 0 spiro atoms. The lowest BCUT2D eigenvalue weighted by atomic mass is 10.0. The minimum absolute atomic E-state index is 0.636. The number of aromatic nitrogens is 1. The van der Waals surface area contributed by atoms with Crippen molar-refractivity contribution < 1.29 is 4.42 Å². The van der Waals surface area contributed by atoms with Gasteiger partial charge in [-0.15, -0.1) is 0 Å². The Morgan fingerprint density at radius 1 is 0.731 bits per heavy atom. The predicted octanol–water partition coefficient (Wildman–Crippen LogP) is 6.97. The highest BCUT2D eigenvalue weighted by Crippen LogP contribution is 2.37. The molecule has 3 aromatic carbocycles. The summed E-state index contributed by atoms with van der Waals surface area (Å²) in [6.07, 6.45) is 1.71. The summed E-state index contributed by atoms with van der Waals surface area (Å²) < 4.78 is 6.14. The largest absolute Gasteiger partial charge is 0.455 e. The summed E-state index contributed by atoms with van der Waals surface area (Å²) in [6, 6.07) is 26.4. The van der Waals surface area contributed by atoms with Crippen molar-refractivity contribution in [1.29, 1.82) is 0 Å². The van der Waals surface area contributed by atoms with Crippen LogP contribution >= 0.6 is 11.6 Å². The Morgan fingerprint density at radius 2 is 1.50 bits per heavy atom. The van der Waals surface area contributed by atoms with Crippen LogP contribution in [-0.4, -0.2) is 4.98 Å². The summed E-state index contributed by atoms with van der Waals surface area (Å²) in [5.74, 6) is 0. The zero-order chi connectivity index (χ0) is 17.5. The second kappa shape index (κ2) is 6.01. The monoisotopic (exact) mass is 355 g/mol. The maximum absolute atomic E-state index is 6.41. The van der Waals surface area contributed by atoms with Crippen molar-refractivity contribution >= 4 is 33.5 Å². The Morgan fingerprint density at radius 3 is 2.38 bits per heavy atom. The number of rotatable bonds is 2. The molecule has 0 aliphatic carbocycles. The first-order valence-corrected chi connectivity index (χ1v) is 8.81. The van der Waals surface area contributed by atoms with Crippen molar-refractivity contribution in [2.45, 2.75) is 0 Å². The summed E-state index contributed by atoms with van der Waals surface area (Å²) in [7, 11) is 0. The first-order chi connectivity index (χ1) is 12.8. The maximum Gasteiger partial charge on any atom is 0.144 e. The Kier molecular flexibility index (Phi) is 3.51. The lowest BCUT2D eigenvalue weighted by Gasteiger charge is -2.08. The molecule has 0 N–H and O–H groups in total. The van der Waals surface area contributed by atoms with Crippen LogP contribution in [-0.2, 0) is 0 Å². The van der Waals surface area contributed by atoms with Crippen LogP contribution in [0.1, 0.15) is 0 Å². The van der Waals surface area contributed by atoms with E-state index in [1.807, 2.05) is 66.7 Å². The van der Waals surface area contributed by atoms with E-state index in [0.717, 1.165) is 44.3 Å². The molecule has 26 heavy (non-hydrogen) atoms. The number of hydrogen-bond acceptors (Lipinski definition) is 2. The average molecular weight is 356 g/mol. The van der Waals surface area contributed by atoms with Gasteiger partial charge in [0.15, 0.2) is 0 Å². The minimum Gasteiger partial charge on any atom is -0.455 e. The fourth-order valence-corrected chi connectivity index (χ4v) is 3.59. The Hall–Kier alpha value is -3.10. The van der Waals surface area contributed by atoms with Crippen LogP contribution < -0.4 is 0 Å². The normalized spacial score (nSPS) is 11.3. The van der Waals surface area contributed by atoms with Gasteiger partial charge in [0.2, 0.25) is 0 Å². The third-order valence-electron chi connectivity index (χ3n) is 4.62. The molecule has 0 unspecified atom stereocenters. The number of furan rings is 1. The summed E-state index contributed by atoms with van der Waals surface area (Å²) in [4.78, 5) is 4.56. The summed E-state index contributed by atoms with van der Waals surface area (Å²) in [6.45, 7) is 0. The third kappa shape index (κ3) is 2.39. The summed E-state index contributed by atoms with van der Waals surface area (Å²) in [5.41, 5.74) is 5.57. The van der Waals surface area contributed by atoms with Gasteiger partial charge in [-0.05, 0) is 23.8 Å². The van der Waals surface area contributed by atoms with Crippen LogP contribution in [0, 0.1) is 0 Å². The van der Waals surface area contributed by atoms with E-state index in [9.17, 15) is 0 Å². The van der Waals surface area contributed by atoms with Gasteiger partial charge in [-0.1, -0.05) is 72.3 Å². The Balaban J connectivity index is 1.76. The number of pyridine rings is 1. The molecule has 5 rings (SSSR count). The topological polar surface area (TPSA) is 26.0 Å². The molecule has 0 aliphatic rings. The Labute approximate surface area is 155 Å². The van der Waals surface area contributed by atoms with Crippen molar-refractivity contribution in [3.8, 4) is 22.4 Å². The van der Waals surface area contributed by atoms with E-state index >= 15 is 0 Å². The Bertz CT molecular complexity index is 1240. The molecule has 2 heterocycles. The van der Waals surface area contributed by atoms with Gasteiger partial charge in [-0.3, -0.25) is 4.98 Å². The van der Waals surface area contributed by atoms with Gasteiger partial charge < -0.3 is 4.42 Å². The lowest BCUT2D eigenvalue weighted by molar-refractivity contribution is 0.670. The number of para-hydroxylation sites is 2. The van der Waals surface area contributed by atoms with Crippen molar-refractivity contribution in [2.24, 2.45) is 0 Å². The molecule has 2 aromatic heterocycles. The van der Waals surface area contributed by atoms with Crippen LogP contribution in [0.3, 0.4) is 0 Å². The SMILES string of the molecule is Clc1cnc(-c2cccc3c2oc2ccccc23)cc1-c1ccccc1. The number of fused-ring (bicyclic) bond motifs is 3. The predicted molar refractivity (Wildman–Crippen MR) is 107 cm³/mol. The average Bonchev–Trinajstić information content (AvgIpc) is 3.08. The van der Waals surface area contributed by atoms with E-state index in [1.54, 1.807) is 6.20 Å². The highest BCUT2D eigenvalue weighted by Gasteiger charge is 2.14. The van der Waals surface area contributed by atoms with Crippen LogP contribution in [0.25, 0.3) is 44.3 Å². The zero-order valence-corrected chi connectivity index (χ0v) is 14.6. The molecule has 5 aromatic rings.